The largest absolute Gasteiger partial charge is 0.337 e. The van der Waals surface area contributed by atoms with Crippen molar-refractivity contribution in [1.82, 2.24) is 10.2 Å². The molecule has 0 radical (unpaired) electrons. The molecule has 3 amide bonds. The molecule has 0 bridgehead atoms. The molecule has 202 valence electrons. The summed E-state index contributed by atoms with van der Waals surface area (Å²) in [7, 11) is 0. The van der Waals surface area contributed by atoms with Crippen LogP contribution in [0, 0.1) is 0 Å². The van der Waals surface area contributed by atoms with Gasteiger partial charge >= 0.3 is 0 Å². The van der Waals surface area contributed by atoms with E-state index in [0.29, 0.717) is 52.1 Å². The molecule has 2 heterocycles. The molecule has 3 aromatic carbocycles. The number of amides is 3. The third-order valence-electron chi connectivity index (χ3n) is 7.16. The van der Waals surface area contributed by atoms with Crippen LogP contribution in [0.15, 0.2) is 66.7 Å². The Bertz CT molecular complexity index is 1370. The van der Waals surface area contributed by atoms with Gasteiger partial charge in [0, 0.05) is 41.7 Å². The zero-order valence-electron chi connectivity index (χ0n) is 21.5. The minimum absolute atomic E-state index is 0.00812. The minimum atomic E-state index is -0.641. The molecule has 2 aliphatic heterocycles. The van der Waals surface area contributed by atoms with Crippen LogP contribution in [0.3, 0.4) is 0 Å². The maximum atomic E-state index is 13.9. The van der Waals surface area contributed by atoms with Crippen LogP contribution in [0.2, 0.25) is 10.0 Å². The van der Waals surface area contributed by atoms with Crippen molar-refractivity contribution in [2.45, 2.75) is 31.7 Å². The number of nitrogens with one attached hydrogen (secondary N) is 2. The third kappa shape index (κ3) is 6.27. The van der Waals surface area contributed by atoms with E-state index in [1.165, 1.54) is 0 Å². The topological polar surface area (TPSA) is 81.8 Å². The van der Waals surface area contributed by atoms with Crippen LogP contribution < -0.4 is 15.5 Å². The lowest BCUT2D eigenvalue weighted by Crippen LogP contribution is -2.36. The summed E-state index contributed by atoms with van der Waals surface area (Å²) >= 11 is 12.7. The second-order valence-corrected chi connectivity index (χ2v) is 10.7. The van der Waals surface area contributed by atoms with E-state index in [9.17, 15) is 14.4 Å². The van der Waals surface area contributed by atoms with Gasteiger partial charge in [0.15, 0.2) is 0 Å². The van der Waals surface area contributed by atoms with E-state index in [-0.39, 0.29) is 30.6 Å². The van der Waals surface area contributed by atoms with Gasteiger partial charge in [-0.1, -0.05) is 59.6 Å². The first-order valence-corrected chi connectivity index (χ1v) is 13.9. The normalized spacial score (nSPS) is 17.6. The Morgan fingerprint density at radius 1 is 0.949 bits per heavy atom. The van der Waals surface area contributed by atoms with Crippen molar-refractivity contribution in [2.75, 3.05) is 36.4 Å². The third-order valence-corrected chi connectivity index (χ3v) is 7.72. The Balaban J connectivity index is 1.52. The number of rotatable bonds is 5. The van der Waals surface area contributed by atoms with Gasteiger partial charge < -0.3 is 20.4 Å². The zero-order valence-corrected chi connectivity index (χ0v) is 23.0. The van der Waals surface area contributed by atoms with Crippen molar-refractivity contribution in [3.8, 4) is 0 Å². The average molecular weight is 566 g/mol. The molecule has 39 heavy (non-hydrogen) atoms. The lowest BCUT2D eigenvalue weighted by atomic mass is 9.99. The van der Waals surface area contributed by atoms with Crippen LogP contribution in [0.1, 0.15) is 46.8 Å². The summed E-state index contributed by atoms with van der Waals surface area (Å²) < 4.78 is 0. The van der Waals surface area contributed by atoms with Crippen molar-refractivity contribution in [3.05, 3.63) is 93.5 Å². The molecule has 5 rings (SSSR count). The highest BCUT2D eigenvalue weighted by molar-refractivity contribution is 6.35. The number of fused-ring (bicyclic) bond motifs is 1. The first kappa shape index (κ1) is 27.2. The first-order chi connectivity index (χ1) is 18.9. The number of nitrogens with zero attached hydrogens (tertiary/aromatic N) is 2. The molecule has 0 saturated carbocycles. The molecule has 0 aliphatic carbocycles. The second-order valence-electron chi connectivity index (χ2n) is 9.81. The van der Waals surface area contributed by atoms with Crippen LogP contribution in [-0.4, -0.2) is 48.8 Å². The van der Waals surface area contributed by atoms with Gasteiger partial charge in [0.25, 0.3) is 5.91 Å². The zero-order chi connectivity index (χ0) is 27.4. The van der Waals surface area contributed by atoms with E-state index in [2.05, 4.69) is 10.6 Å². The molecular formula is C30H30Cl2N4O3. The Kier molecular flexibility index (Phi) is 8.50. The van der Waals surface area contributed by atoms with Gasteiger partial charge in [-0.2, -0.15) is 0 Å². The van der Waals surface area contributed by atoms with Gasteiger partial charge in [-0.3, -0.25) is 14.4 Å². The van der Waals surface area contributed by atoms with Crippen LogP contribution >= 0.6 is 23.2 Å². The fourth-order valence-corrected chi connectivity index (χ4v) is 5.73. The predicted molar refractivity (Wildman–Crippen MR) is 155 cm³/mol. The number of hydrogen-bond acceptors (Lipinski definition) is 4. The van der Waals surface area contributed by atoms with Crippen molar-refractivity contribution >= 4 is 52.3 Å². The molecule has 0 aromatic heterocycles. The van der Waals surface area contributed by atoms with Gasteiger partial charge in [0.05, 0.1) is 23.8 Å². The molecule has 2 aliphatic rings. The average Bonchev–Trinajstić information content (AvgIpc) is 3.29. The fraction of sp³-hybridized carbons (Fsp3) is 0.300. The Hall–Kier alpha value is -3.39. The van der Waals surface area contributed by atoms with Gasteiger partial charge in [-0.05, 0) is 60.8 Å². The molecule has 1 atom stereocenters. The molecule has 2 N–H and O–H groups in total. The standard InChI is InChI=1S/C30H30Cl2N4O3/c31-22-9-10-23(24(32)18-22)27-19-28(37)34-25-17-21(30(39)35-15-4-13-33-14-16-35)8-11-26(25)36(27)29(38)12-7-20-5-2-1-3-6-20/h1-3,5-6,8-11,17-18,27,33H,4,7,12-16,19H2,(H,34,37). The molecule has 9 heteroatoms. The second kappa shape index (κ2) is 12.2. The maximum absolute atomic E-state index is 13.9. The monoisotopic (exact) mass is 564 g/mol. The van der Waals surface area contributed by atoms with Crippen molar-refractivity contribution in [3.63, 3.8) is 0 Å². The van der Waals surface area contributed by atoms with Gasteiger partial charge in [-0.15, -0.1) is 0 Å². The van der Waals surface area contributed by atoms with E-state index >= 15 is 0 Å². The number of hydrogen-bond donors (Lipinski definition) is 2. The fourth-order valence-electron chi connectivity index (χ4n) is 5.19. The van der Waals surface area contributed by atoms with E-state index in [1.54, 1.807) is 41.3 Å². The Labute approximate surface area is 238 Å². The number of carbonyl (C=O) groups is 3. The van der Waals surface area contributed by atoms with E-state index in [4.69, 9.17) is 23.2 Å². The summed E-state index contributed by atoms with van der Waals surface area (Å²) in [6.07, 6.45) is 1.67. The van der Waals surface area contributed by atoms with Crippen molar-refractivity contribution in [2.24, 2.45) is 0 Å². The Morgan fingerprint density at radius 3 is 2.56 bits per heavy atom. The van der Waals surface area contributed by atoms with Crippen molar-refractivity contribution < 1.29 is 14.4 Å². The molecule has 1 fully saturated rings. The molecule has 1 saturated heterocycles. The van der Waals surface area contributed by atoms with Crippen LogP contribution in [-0.2, 0) is 16.0 Å². The number of halogens is 2. The smallest absolute Gasteiger partial charge is 0.253 e. The van der Waals surface area contributed by atoms with Gasteiger partial charge in [0.2, 0.25) is 11.8 Å². The molecule has 3 aromatic rings. The van der Waals surface area contributed by atoms with Crippen molar-refractivity contribution in [1.29, 1.82) is 0 Å². The van der Waals surface area contributed by atoms with E-state index < -0.39 is 6.04 Å². The van der Waals surface area contributed by atoms with Crippen LogP contribution in [0.5, 0.6) is 0 Å². The van der Waals surface area contributed by atoms with Crippen LogP contribution in [0.4, 0.5) is 11.4 Å². The minimum Gasteiger partial charge on any atom is -0.337 e. The molecule has 0 spiro atoms. The summed E-state index contributed by atoms with van der Waals surface area (Å²) in [5, 5.41) is 7.09. The molecule has 7 nitrogen and oxygen atoms in total. The number of carbonyl (C=O) groups excluding carboxylic acids is 3. The Morgan fingerprint density at radius 2 is 1.77 bits per heavy atom. The highest BCUT2D eigenvalue weighted by atomic mass is 35.5. The summed E-state index contributed by atoms with van der Waals surface area (Å²) in [5.41, 5.74) is 3.11. The summed E-state index contributed by atoms with van der Waals surface area (Å²) in [6.45, 7) is 2.89. The number of anilines is 2. The predicted octanol–water partition coefficient (Wildman–Crippen LogP) is 5.48. The molecule has 1 unspecified atom stereocenters. The SMILES string of the molecule is O=C1CC(c2ccc(Cl)cc2Cl)N(C(=O)CCc2ccccc2)c2ccc(C(=O)N3CCCNCC3)cc2N1. The highest BCUT2D eigenvalue weighted by Crippen LogP contribution is 2.41. The highest BCUT2D eigenvalue weighted by Gasteiger charge is 2.35. The number of benzene rings is 3. The van der Waals surface area contributed by atoms with E-state index in [0.717, 1.165) is 25.1 Å². The molecular weight excluding hydrogens is 535 g/mol. The lowest BCUT2D eigenvalue weighted by Gasteiger charge is -2.32. The van der Waals surface area contributed by atoms with Gasteiger partial charge in [0.1, 0.15) is 0 Å². The maximum Gasteiger partial charge on any atom is 0.253 e. The van der Waals surface area contributed by atoms with Crippen LogP contribution in [0.25, 0.3) is 0 Å². The lowest BCUT2D eigenvalue weighted by molar-refractivity contribution is -0.119. The van der Waals surface area contributed by atoms with Gasteiger partial charge in [-0.25, -0.2) is 0 Å². The quantitative estimate of drug-likeness (QED) is 0.430. The first-order valence-electron chi connectivity index (χ1n) is 13.2. The summed E-state index contributed by atoms with van der Waals surface area (Å²) in [5.74, 6) is -0.515. The summed E-state index contributed by atoms with van der Waals surface area (Å²) in [4.78, 5) is 43.8. The summed E-state index contributed by atoms with van der Waals surface area (Å²) in [6, 6.07) is 19.4. The van der Waals surface area contributed by atoms with E-state index in [1.807, 2.05) is 35.2 Å². The number of aryl methyl sites for hydroxylation is 1.